The summed E-state index contributed by atoms with van der Waals surface area (Å²) in [5, 5.41) is 0. The molecule has 0 spiro atoms. The summed E-state index contributed by atoms with van der Waals surface area (Å²) in [6.07, 6.45) is 3.39. The summed E-state index contributed by atoms with van der Waals surface area (Å²) in [5.41, 5.74) is 7.55. The van der Waals surface area contributed by atoms with Crippen molar-refractivity contribution in [1.82, 2.24) is 14.9 Å². The molecule has 0 radical (unpaired) electrons. The molecule has 0 bridgehead atoms. The first-order valence-electron chi connectivity index (χ1n) is 6.21. The summed E-state index contributed by atoms with van der Waals surface area (Å²) in [5.74, 6) is 0.466. The highest BCUT2D eigenvalue weighted by molar-refractivity contribution is 5.79. The summed E-state index contributed by atoms with van der Waals surface area (Å²) < 4.78 is 5.26. The zero-order valence-corrected chi connectivity index (χ0v) is 10.1. The normalized spacial score (nSPS) is 22.9. The van der Waals surface area contributed by atoms with E-state index >= 15 is 0 Å². The molecule has 0 saturated carbocycles. The average Bonchev–Trinajstić information content (AvgIpc) is 2.90. The Kier molecular flexibility index (Phi) is 2.87. The van der Waals surface area contributed by atoms with Gasteiger partial charge >= 0.3 is 0 Å². The SMILES string of the molecule is Nc1ncc2c(n1)CN(C(=O)C1CCOC1)CC2. The predicted molar refractivity (Wildman–Crippen MR) is 64.5 cm³/mol. The van der Waals surface area contributed by atoms with Gasteiger partial charge in [0.2, 0.25) is 11.9 Å². The number of anilines is 1. The number of rotatable bonds is 1. The van der Waals surface area contributed by atoms with Gasteiger partial charge in [-0.2, -0.15) is 0 Å². The monoisotopic (exact) mass is 248 g/mol. The highest BCUT2D eigenvalue weighted by Gasteiger charge is 2.30. The van der Waals surface area contributed by atoms with E-state index in [2.05, 4.69) is 9.97 Å². The van der Waals surface area contributed by atoms with E-state index in [1.807, 2.05) is 4.90 Å². The maximum Gasteiger partial charge on any atom is 0.228 e. The molecule has 1 saturated heterocycles. The van der Waals surface area contributed by atoms with Crippen molar-refractivity contribution in [3.63, 3.8) is 0 Å². The lowest BCUT2D eigenvalue weighted by Gasteiger charge is -2.29. The van der Waals surface area contributed by atoms with E-state index in [0.29, 0.717) is 19.8 Å². The van der Waals surface area contributed by atoms with E-state index in [1.54, 1.807) is 6.20 Å². The van der Waals surface area contributed by atoms with Crippen LogP contribution in [0.25, 0.3) is 0 Å². The molecule has 1 unspecified atom stereocenters. The van der Waals surface area contributed by atoms with Crippen LogP contribution in [0, 0.1) is 5.92 Å². The molecule has 1 aromatic rings. The standard InChI is InChI=1S/C12H16N4O2/c13-12-14-5-8-1-3-16(6-10(8)15-12)11(17)9-2-4-18-7-9/h5,9H,1-4,6-7H2,(H2,13,14,15). The molecule has 18 heavy (non-hydrogen) atoms. The minimum absolute atomic E-state index is 0.0192. The highest BCUT2D eigenvalue weighted by atomic mass is 16.5. The molecule has 96 valence electrons. The molecule has 1 atom stereocenters. The van der Waals surface area contributed by atoms with Crippen molar-refractivity contribution in [2.75, 3.05) is 25.5 Å². The Hall–Kier alpha value is -1.69. The number of amides is 1. The van der Waals surface area contributed by atoms with Crippen LogP contribution in [-0.2, 0) is 22.5 Å². The Balaban J connectivity index is 1.75. The number of fused-ring (bicyclic) bond motifs is 1. The third-order valence-corrected chi connectivity index (χ3v) is 3.56. The number of hydrogen-bond acceptors (Lipinski definition) is 5. The lowest BCUT2D eigenvalue weighted by Crippen LogP contribution is -2.40. The van der Waals surface area contributed by atoms with E-state index in [-0.39, 0.29) is 17.8 Å². The lowest BCUT2D eigenvalue weighted by atomic mass is 10.0. The summed E-state index contributed by atoms with van der Waals surface area (Å²) in [7, 11) is 0. The zero-order valence-electron chi connectivity index (χ0n) is 10.1. The number of carbonyl (C=O) groups excluding carboxylic acids is 1. The van der Waals surface area contributed by atoms with E-state index in [1.165, 1.54) is 0 Å². The molecule has 0 aromatic carbocycles. The molecule has 3 rings (SSSR count). The first kappa shape index (κ1) is 11.4. The van der Waals surface area contributed by atoms with Gasteiger partial charge in [0, 0.05) is 19.3 Å². The second kappa shape index (κ2) is 4.53. The molecular weight excluding hydrogens is 232 g/mol. The second-order valence-corrected chi connectivity index (χ2v) is 4.77. The van der Waals surface area contributed by atoms with Crippen LogP contribution in [0.3, 0.4) is 0 Å². The highest BCUT2D eigenvalue weighted by Crippen LogP contribution is 2.21. The summed E-state index contributed by atoms with van der Waals surface area (Å²) >= 11 is 0. The zero-order chi connectivity index (χ0) is 12.5. The fraction of sp³-hybridized carbons (Fsp3) is 0.583. The first-order chi connectivity index (χ1) is 8.74. The van der Waals surface area contributed by atoms with E-state index in [0.717, 1.165) is 30.6 Å². The predicted octanol–water partition coefficient (Wildman–Crippen LogP) is -0.0200. The molecule has 6 heteroatoms. The van der Waals surface area contributed by atoms with Crippen LogP contribution < -0.4 is 5.73 Å². The Morgan fingerprint density at radius 3 is 3.22 bits per heavy atom. The van der Waals surface area contributed by atoms with E-state index < -0.39 is 0 Å². The van der Waals surface area contributed by atoms with Gasteiger partial charge in [-0.15, -0.1) is 0 Å². The van der Waals surface area contributed by atoms with Gasteiger partial charge in [-0.3, -0.25) is 4.79 Å². The second-order valence-electron chi connectivity index (χ2n) is 4.77. The Labute approximate surface area is 105 Å². The average molecular weight is 248 g/mol. The Bertz CT molecular complexity index is 471. The third kappa shape index (κ3) is 2.03. The molecule has 1 fully saturated rings. The lowest BCUT2D eigenvalue weighted by molar-refractivity contribution is -0.136. The fourth-order valence-electron chi connectivity index (χ4n) is 2.49. The van der Waals surface area contributed by atoms with Crippen LogP contribution in [0.2, 0.25) is 0 Å². The Morgan fingerprint density at radius 1 is 1.56 bits per heavy atom. The van der Waals surface area contributed by atoms with E-state index in [9.17, 15) is 4.79 Å². The van der Waals surface area contributed by atoms with Gasteiger partial charge in [-0.1, -0.05) is 0 Å². The minimum atomic E-state index is 0.0192. The minimum Gasteiger partial charge on any atom is -0.381 e. The van der Waals surface area contributed by atoms with Crippen LogP contribution >= 0.6 is 0 Å². The number of aromatic nitrogens is 2. The van der Waals surface area contributed by atoms with Gasteiger partial charge in [0.05, 0.1) is 24.8 Å². The van der Waals surface area contributed by atoms with Crippen molar-refractivity contribution in [3.8, 4) is 0 Å². The Morgan fingerprint density at radius 2 is 2.44 bits per heavy atom. The number of nitrogens with two attached hydrogens (primary N) is 1. The molecule has 6 nitrogen and oxygen atoms in total. The van der Waals surface area contributed by atoms with Gasteiger partial charge in [-0.25, -0.2) is 9.97 Å². The maximum absolute atomic E-state index is 12.3. The number of hydrogen-bond donors (Lipinski definition) is 1. The van der Waals surface area contributed by atoms with Gasteiger partial charge in [0.1, 0.15) is 0 Å². The molecule has 0 aliphatic carbocycles. The molecule has 1 amide bonds. The molecule has 2 aliphatic rings. The van der Waals surface area contributed by atoms with Crippen molar-refractivity contribution in [3.05, 3.63) is 17.5 Å². The third-order valence-electron chi connectivity index (χ3n) is 3.56. The maximum atomic E-state index is 12.3. The number of nitrogen functional groups attached to an aromatic ring is 1. The molecule has 2 N–H and O–H groups in total. The van der Waals surface area contributed by atoms with E-state index in [4.69, 9.17) is 10.5 Å². The number of carbonyl (C=O) groups is 1. The molecule has 1 aromatic heterocycles. The smallest absolute Gasteiger partial charge is 0.228 e. The summed E-state index contributed by atoms with van der Waals surface area (Å²) in [6, 6.07) is 0. The van der Waals surface area contributed by atoms with Crippen molar-refractivity contribution in [2.24, 2.45) is 5.92 Å². The van der Waals surface area contributed by atoms with Crippen molar-refractivity contribution in [2.45, 2.75) is 19.4 Å². The van der Waals surface area contributed by atoms with Crippen LogP contribution in [-0.4, -0.2) is 40.5 Å². The van der Waals surface area contributed by atoms with Crippen molar-refractivity contribution < 1.29 is 9.53 Å². The summed E-state index contributed by atoms with van der Waals surface area (Å²) in [6.45, 7) is 2.51. The fourth-order valence-corrected chi connectivity index (χ4v) is 2.49. The van der Waals surface area contributed by atoms with Crippen LogP contribution in [0.5, 0.6) is 0 Å². The largest absolute Gasteiger partial charge is 0.381 e. The first-order valence-corrected chi connectivity index (χ1v) is 6.21. The van der Waals surface area contributed by atoms with Gasteiger partial charge < -0.3 is 15.4 Å². The van der Waals surface area contributed by atoms with Gasteiger partial charge in [0.15, 0.2) is 0 Å². The molecule has 2 aliphatic heterocycles. The summed E-state index contributed by atoms with van der Waals surface area (Å²) in [4.78, 5) is 22.3. The van der Waals surface area contributed by atoms with Crippen molar-refractivity contribution >= 4 is 11.9 Å². The number of nitrogens with zero attached hydrogens (tertiary/aromatic N) is 3. The topological polar surface area (TPSA) is 81.3 Å². The van der Waals surface area contributed by atoms with Crippen LogP contribution in [0.1, 0.15) is 17.7 Å². The van der Waals surface area contributed by atoms with Gasteiger partial charge in [0.25, 0.3) is 0 Å². The quantitative estimate of drug-likeness (QED) is 0.755. The van der Waals surface area contributed by atoms with Crippen molar-refractivity contribution in [1.29, 1.82) is 0 Å². The van der Waals surface area contributed by atoms with Crippen LogP contribution in [0.15, 0.2) is 6.20 Å². The molecule has 3 heterocycles. The van der Waals surface area contributed by atoms with Crippen LogP contribution in [0.4, 0.5) is 5.95 Å². The molecular formula is C12H16N4O2. The van der Waals surface area contributed by atoms with Gasteiger partial charge in [-0.05, 0) is 18.4 Å². The number of ether oxygens (including phenoxy) is 1.